The average Bonchev–Trinajstić information content (AvgIpc) is 3.36. The van der Waals surface area contributed by atoms with Crippen molar-refractivity contribution in [2.45, 2.75) is 26.2 Å². The van der Waals surface area contributed by atoms with Crippen molar-refractivity contribution in [1.29, 1.82) is 0 Å². The first-order valence-electron chi connectivity index (χ1n) is 10.00. The zero-order chi connectivity index (χ0) is 18.7. The number of anilines is 1. The number of fused-ring (bicyclic) bond motifs is 5. The van der Waals surface area contributed by atoms with E-state index in [-0.39, 0.29) is 41.4 Å². The van der Waals surface area contributed by atoms with Gasteiger partial charge >= 0.3 is 0 Å². The second kappa shape index (κ2) is 6.04. The van der Waals surface area contributed by atoms with Crippen molar-refractivity contribution in [2.75, 3.05) is 18.0 Å². The predicted molar refractivity (Wildman–Crippen MR) is 101 cm³/mol. The van der Waals surface area contributed by atoms with Gasteiger partial charge in [-0.1, -0.05) is 25.1 Å². The molecule has 5 nitrogen and oxygen atoms in total. The van der Waals surface area contributed by atoms with Crippen LogP contribution in [-0.4, -0.2) is 35.7 Å². The molecule has 140 valence electrons. The lowest BCUT2D eigenvalue weighted by molar-refractivity contribution is -0.123. The van der Waals surface area contributed by atoms with Crippen LogP contribution in [0.4, 0.5) is 5.69 Å². The molecule has 0 unspecified atom stereocenters. The number of benzene rings is 1. The summed E-state index contributed by atoms with van der Waals surface area (Å²) in [5.74, 6) is 0.416. The van der Waals surface area contributed by atoms with Gasteiger partial charge in [0.1, 0.15) is 0 Å². The number of carbonyl (C=O) groups is 3. The van der Waals surface area contributed by atoms with Crippen LogP contribution in [0.1, 0.15) is 36.5 Å². The molecule has 5 heteroatoms. The van der Waals surface area contributed by atoms with Gasteiger partial charge in [-0.05, 0) is 55.2 Å². The third kappa shape index (κ3) is 2.47. The molecule has 3 fully saturated rings. The first-order chi connectivity index (χ1) is 13.0. The van der Waals surface area contributed by atoms with Gasteiger partial charge in [-0.25, -0.2) is 4.90 Å². The van der Waals surface area contributed by atoms with Gasteiger partial charge in [0.2, 0.25) is 11.8 Å². The highest BCUT2D eigenvalue weighted by atomic mass is 16.2. The Morgan fingerprint density at radius 3 is 2.26 bits per heavy atom. The highest BCUT2D eigenvalue weighted by Crippen LogP contribution is 2.53. The SMILES string of the molecule is CC1CCN(C(=O)c2cccc(N3C(=O)[C@H]4[C@H](C3=O)[C@H]3C=C[C@H]4C3)c2)CC1. The summed E-state index contributed by atoms with van der Waals surface area (Å²) in [7, 11) is 0. The summed E-state index contributed by atoms with van der Waals surface area (Å²) in [5, 5.41) is 0. The number of hydrogen-bond acceptors (Lipinski definition) is 3. The van der Waals surface area contributed by atoms with Gasteiger partial charge in [-0.2, -0.15) is 0 Å². The Morgan fingerprint density at radius 2 is 1.63 bits per heavy atom. The minimum absolute atomic E-state index is 0.00947. The smallest absolute Gasteiger partial charge is 0.253 e. The molecule has 0 radical (unpaired) electrons. The molecule has 2 aliphatic heterocycles. The summed E-state index contributed by atoms with van der Waals surface area (Å²) in [6.07, 6.45) is 7.16. The largest absolute Gasteiger partial charge is 0.339 e. The summed E-state index contributed by atoms with van der Waals surface area (Å²) in [6.45, 7) is 3.75. The normalized spacial score (nSPS) is 32.5. The molecule has 5 rings (SSSR count). The number of likely N-dealkylation sites (tertiary alicyclic amines) is 1. The van der Waals surface area contributed by atoms with E-state index in [1.54, 1.807) is 24.3 Å². The number of nitrogens with zero attached hydrogens (tertiary/aromatic N) is 2. The Kier molecular flexibility index (Phi) is 3.74. The number of carbonyl (C=O) groups excluding carboxylic acids is 3. The van der Waals surface area contributed by atoms with Crippen molar-refractivity contribution in [1.82, 2.24) is 4.90 Å². The number of amides is 3. The van der Waals surface area contributed by atoms with Crippen LogP contribution in [0.2, 0.25) is 0 Å². The Bertz CT molecular complexity index is 823. The van der Waals surface area contributed by atoms with E-state index in [1.807, 2.05) is 4.90 Å². The van der Waals surface area contributed by atoms with Gasteiger partial charge < -0.3 is 4.90 Å². The number of piperidine rings is 1. The quantitative estimate of drug-likeness (QED) is 0.599. The maximum atomic E-state index is 13.0. The first-order valence-corrected chi connectivity index (χ1v) is 10.00. The lowest BCUT2D eigenvalue weighted by atomic mass is 9.85. The summed E-state index contributed by atoms with van der Waals surface area (Å²) < 4.78 is 0. The maximum absolute atomic E-state index is 13.0. The third-order valence-corrected chi connectivity index (χ3v) is 6.89. The summed E-state index contributed by atoms with van der Waals surface area (Å²) in [6, 6.07) is 7.03. The Morgan fingerprint density at radius 1 is 1.00 bits per heavy atom. The van der Waals surface area contributed by atoms with Crippen LogP contribution in [-0.2, 0) is 9.59 Å². The predicted octanol–water partition coefficient (Wildman–Crippen LogP) is 2.87. The van der Waals surface area contributed by atoms with E-state index in [1.165, 1.54) is 4.90 Å². The van der Waals surface area contributed by atoms with Crippen molar-refractivity contribution in [3.05, 3.63) is 42.0 Å². The second-order valence-corrected chi connectivity index (χ2v) is 8.54. The molecular formula is C22H24N2O3. The minimum Gasteiger partial charge on any atom is -0.339 e. The van der Waals surface area contributed by atoms with Crippen LogP contribution in [0.5, 0.6) is 0 Å². The minimum atomic E-state index is -0.213. The van der Waals surface area contributed by atoms with E-state index in [9.17, 15) is 14.4 Å². The monoisotopic (exact) mass is 364 g/mol. The van der Waals surface area contributed by atoms with E-state index < -0.39 is 0 Å². The van der Waals surface area contributed by atoms with Gasteiger partial charge in [0.15, 0.2) is 0 Å². The van der Waals surface area contributed by atoms with Gasteiger partial charge in [0.25, 0.3) is 5.91 Å². The first kappa shape index (κ1) is 16.7. The van der Waals surface area contributed by atoms with Crippen molar-refractivity contribution in [2.24, 2.45) is 29.6 Å². The highest BCUT2D eigenvalue weighted by Gasteiger charge is 2.59. The Labute approximate surface area is 159 Å². The van der Waals surface area contributed by atoms with Crippen LogP contribution < -0.4 is 4.90 Å². The molecule has 27 heavy (non-hydrogen) atoms. The summed E-state index contributed by atoms with van der Waals surface area (Å²) in [4.78, 5) is 42.0. The molecule has 2 aliphatic carbocycles. The molecule has 2 bridgehead atoms. The fourth-order valence-electron chi connectivity index (χ4n) is 5.33. The van der Waals surface area contributed by atoms with E-state index in [0.717, 1.165) is 32.4 Å². The van der Waals surface area contributed by atoms with Crippen LogP contribution in [0.3, 0.4) is 0 Å². The molecule has 2 heterocycles. The van der Waals surface area contributed by atoms with E-state index in [0.29, 0.717) is 17.2 Å². The maximum Gasteiger partial charge on any atom is 0.253 e. The molecule has 0 aromatic heterocycles. The zero-order valence-corrected chi connectivity index (χ0v) is 15.5. The number of allylic oxidation sites excluding steroid dienone is 2. The molecule has 1 saturated carbocycles. The van der Waals surface area contributed by atoms with Crippen LogP contribution in [0, 0.1) is 29.6 Å². The molecule has 4 atom stereocenters. The number of rotatable bonds is 2. The van der Waals surface area contributed by atoms with Gasteiger partial charge in [0.05, 0.1) is 17.5 Å². The third-order valence-electron chi connectivity index (χ3n) is 6.89. The number of hydrogen-bond donors (Lipinski definition) is 0. The van der Waals surface area contributed by atoms with Crippen molar-refractivity contribution in [3.63, 3.8) is 0 Å². The molecule has 1 aromatic rings. The molecule has 0 spiro atoms. The molecule has 1 aromatic carbocycles. The van der Waals surface area contributed by atoms with Crippen molar-refractivity contribution < 1.29 is 14.4 Å². The van der Waals surface area contributed by atoms with Crippen molar-refractivity contribution >= 4 is 23.4 Å². The lowest BCUT2D eigenvalue weighted by Crippen LogP contribution is -2.38. The average molecular weight is 364 g/mol. The summed E-state index contributed by atoms with van der Waals surface area (Å²) in [5.41, 5.74) is 1.09. The van der Waals surface area contributed by atoms with Crippen LogP contribution >= 0.6 is 0 Å². The van der Waals surface area contributed by atoms with Gasteiger partial charge in [0, 0.05) is 18.7 Å². The summed E-state index contributed by atoms with van der Waals surface area (Å²) >= 11 is 0. The molecule has 2 saturated heterocycles. The van der Waals surface area contributed by atoms with E-state index in [4.69, 9.17) is 0 Å². The fourth-order valence-corrected chi connectivity index (χ4v) is 5.33. The Hall–Kier alpha value is -2.43. The lowest BCUT2D eigenvalue weighted by Gasteiger charge is -2.30. The van der Waals surface area contributed by atoms with E-state index in [2.05, 4.69) is 19.1 Å². The molecule has 0 N–H and O–H groups in total. The highest BCUT2D eigenvalue weighted by molar-refractivity contribution is 6.23. The molecule has 4 aliphatic rings. The second-order valence-electron chi connectivity index (χ2n) is 8.54. The van der Waals surface area contributed by atoms with Gasteiger partial charge in [-0.3, -0.25) is 14.4 Å². The standard InChI is InChI=1S/C22H24N2O3/c1-13-7-9-23(10-8-13)20(25)16-3-2-4-17(12-16)24-21(26)18-14-5-6-15(11-14)19(18)22(24)27/h2-6,12-15,18-19H,7-11H2,1H3/t14-,15-,18+,19+/m0/s1. The number of imide groups is 1. The molecule has 3 amide bonds. The molecular weight excluding hydrogens is 340 g/mol. The van der Waals surface area contributed by atoms with Crippen LogP contribution in [0.15, 0.2) is 36.4 Å². The Balaban J connectivity index is 1.41. The topological polar surface area (TPSA) is 57.7 Å². The van der Waals surface area contributed by atoms with Crippen LogP contribution in [0.25, 0.3) is 0 Å². The van der Waals surface area contributed by atoms with Crippen molar-refractivity contribution in [3.8, 4) is 0 Å². The van der Waals surface area contributed by atoms with Gasteiger partial charge in [-0.15, -0.1) is 0 Å². The fraction of sp³-hybridized carbons (Fsp3) is 0.500. The zero-order valence-electron chi connectivity index (χ0n) is 15.5. The van der Waals surface area contributed by atoms with E-state index >= 15 is 0 Å².